The van der Waals surface area contributed by atoms with Gasteiger partial charge in [-0.1, -0.05) is 76.9 Å². The van der Waals surface area contributed by atoms with Gasteiger partial charge in [-0.25, -0.2) is 0 Å². The van der Waals surface area contributed by atoms with Gasteiger partial charge in [0.2, 0.25) is 0 Å². The number of aliphatic imine (C=N–C) groups is 1. The Morgan fingerprint density at radius 3 is 2.04 bits per heavy atom. The third-order valence-electron chi connectivity index (χ3n) is 5.45. The topological polar surface area (TPSA) is 41.6 Å². The van der Waals surface area contributed by atoms with Gasteiger partial charge in [0.15, 0.2) is 0 Å². The van der Waals surface area contributed by atoms with Crippen LogP contribution >= 0.6 is 0 Å². The second kappa shape index (κ2) is 16.5. The van der Waals surface area contributed by atoms with Crippen LogP contribution in [0.15, 0.2) is 17.1 Å². The van der Waals surface area contributed by atoms with Gasteiger partial charge in [-0.05, 0) is 45.4 Å². The molecule has 0 aromatic carbocycles. The summed E-state index contributed by atoms with van der Waals surface area (Å²) < 4.78 is 0. The summed E-state index contributed by atoms with van der Waals surface area (Å²) in [6.45, 7) is 5.26. The highest BCUT2D eigenvalue weighted by molar-refractivity contribution is 5.62. The Hall–Kier alpha value is -0.670. The summed E-state index contributed by atoms with van der Waals surface area (Å²) in [6.07, 6.45) is 27.6. The quantitative estimate of drug-likeness (QED) is 0.239. The minimum atomic E-state index is 0.124. The molecule has 3 nitrogen and oxygen atoms in total. The van der Waals surface area contributed by atoms with Crippen molar-refractivity contribution >= 4 is 6.21 Å². The third kappa shape index (κ3) is 11.9. The second-order valence-corrected chi connectivity index (χ2v) is 7.98. The SMILES string of the molecule is CCCCCC/C=C/CCCCCCCCCCC1N=CCN1C(C)N. The smallest absolute Gasteiger partial charge is 0.103 e. The molecule has 1 aliphatic heterocycles. The van der Waals surface area contributed by atoms with Gasteiger partial charge in [0.05, 0.1) is 6.17 Å². The molecule has 0 saturated heterocycles. The van der Waals surface area contributed by atoms with Crippen molar-refractivity contribution in [3.63, 3.8) is 0 Å². The first kappa shape index (κ1) is 23.4. The number of nitrogens with zero attached hydrogens (tertiary/aromatic N) is 2. The van der Waals surface area contributed by atoms with E-state index in [0.29, 0.717) is 6.17 Å². The molecular weight excluding hydrogens is 318 g/mol. The Bertz CT molecular complexity index is 362. The lowest BCUT2D eigenvalue weighted by Gasteiger charge is -2.26. The van der Waals surface area contributed by atoms with Gasteiger partial charge in [-0.2, -0.15) is 0 Å². The summed E-state index contributed by atoms with van der Waals surface area (Å²) in [5.74, 6) is 0. The van der Waals surface area contributed by atoms with Crippen LogP contribution in [0.5, 0.6) is 0 Å². The number of nitrogens with two attached hydrogens (primary N) is 1. The van der Waals surface area contributed by atoms with Crippen LogP contribution in [-0.2, 0) is 0 Å². The van der Waals surface area contributed by atoms with E-state index in [-0.39, 0.29) is 6.17 Å². The molecule has 1 aliphatic rings. The molecule has 0 saturated carbocycles. The van der Waals surface area contributed by atoms with Crippen molar-refractivity contribution in [3.8, 4) is 0 Å². The number of hydrogen-bond acceptors (Lipinski definition) is 3. The Balaban J connectivity index is 1.80. The van der Waals surface area contributed by atoms with Crippen molar-refractivity contribution in [1.82, 2.24) is 4.90 Å². The van der Waals surface area contributed by atoms with Gasteiger partial charge in [-0.3, -0.25) is 9.89 Å². The minimum Gasteiger partial charge on any atom is -0.316 e. The molecule has 1 rings (SSSR count). The van der Waals surface area contributed by atoms with E-state index in [1.807, 2.05) is 6.21 Å². The van der Waals surface area contributed by atoms with Gasteiger partial charge in [0.25, 0.3) is 0 Å². The standard InChI is InChI=1S/C23H45N3/c1-3-4-5-6-7-8-9-10-11-12-13-14-15-16-17-18-19-23-25-20-21-26(23)22(2)24/h8-9,20,22-23H,3-7,10-19,21,24H2,1-2H3/b9-8+. The Labute approximate surface area is 163 Å². The Kier molecular flexibility index (Phi) is 14.8. The van der Waals surface area contributed by atoms with Gasteiger partial charge in [0.1, 0.15) is 6.17 Å². The van der Waals surface area contributed by atoms with E-state index in [1.165, 1.54) is 96.3 Å². The fourth-order valence-corrected chi connectivity index (χ4v) is 3.72. The Morgan fingerprint density at radius 1 is 0.923 bits per heavy atom. The highest BCUT2D eigenvalue weighted by Gasteiger charge is 2.22. The minimum absolute atomic E-state index is 0.124. The zero-order valence-electron chi connectivity index (χ0n) is 17.7. The van der Waals surface area contributed by atoms with Crippen LogP contribution in [0.4, 0.5) is 0 Å². The lowest BCUT2D eigenvalue weighted by molar-refractivity contribution is 0.182. The van der Waals surface area contributed by atoms with Crippen LogP contribution in [0.25, 0.3) is 0 Å². The summed E-state index contributed by atoms with van der Waals surface area (Å²) >= 11 is 0. The molecule has 152 valence electrons. The summed E-state index contributed by atoms with van der Waals surface area (Å²) in [5.41, 5.74) is 5.99. The second-order valence-electron chi connectivity index (χ2n) is 7.98. The summed E-state index contributed by atoms with van der Waals surface area (Å²) in [5, 5.41) is 0. The molecule has 0 aliphatic carbocycles. The van der Waals surface area contributed by atoms with E-state index >= 15 is 0 Å². The van der Waals surface area contributed by atoms with Gasteiger partial charge in [0, 0.05) is 12.8 Å². The van der Waals surface area contributed by atoms with E-state index in [2.05, 4.69) is 35.9 Å². The molecular formula is C23H45N3. The molecule has 0 aromatic heterocycles. The fraction of sp³-hybridized carbons (Fsp3) is 0.870. The molecule has 1 heterocycles. The number of rotatable bonds is 17. The molecule has 0 bridgehead atoms. The van der Waals surface area contributed by atoms with Crippen molar-refractivity contribution in [2.75, 3.05) is 6.54 Å². The van der Waals surface area contributed by atoms with Gasteiger partial charge in [-0.15, -0.1) is 0 Å². The van der Waals surface area contributed by atoms with Crippen LogP contribution in [0.2, 0.25) is 0 Å². The van der Waals surface area contributed by atoms with Crippen molar-refractivity contribution in [3.05, 3.63) is 12.2 Å². The maximum atomic E-state index is 5.99. The average Bonchev–Trinajstić information content (AvgIpc) is 3.10. The molecule has 0 aromatic rings. The molecule has 3 heteroatoms. The highest BCUT2D eigenvalue weighted by atomic mass is 15.3. The van der Waals surface area contributed by atoms with E-state index in [4.69, 9.17) is 5.73 Å². The maximum Gasteiger partial charge on any atom is 0.103 e. The molecule has 26 heavy (non-hydrogen) atoms. The van der Waals surface area contributed by atoms with Crippen molar-refractivity contribution in [1.29, 1.82) is 0 Å². The average molecular weight is 364 g/mol. The molecule has 0 spiro atoms. The zero-order chi connectivity index (χ0) is 18.9. The summed E-state index contributed by atoms with van der Waals surface area (Å²) in [4.78, 5) is 6.85. The van der Waals surface area contributed by atoms with E-state index < -0.39 is 0 Å². The number of unbranched alkanes of at least 4 members (excludes halogenated alkanes) is 12. The first-order chi connectivity index (χ1) is 12.8. The number of allylic oxidation sites excluding steroid dienone is 2. The third-order valence-corrected chi connectivity index (χ3v) is 5.45. The fourth-order valence-electron chi connectivity index (χ4n) is 3.72. The van der Waals surface area contributed by atoms with Crippen LogP contribution < -0.4 is 5.73 Å². The van der Waals surface area contributed by atoms with Crippen molar-refractivity contribution in [2.45, 2.75) is 122 Å². The monoisotopic (exact) mass is 363 g/mol. The maximum absolute atomic E-state index is 5.99. The van der Waals surface area contributed by atoms with Crippen molar-refractivity contribution < 1.29 is 0 Å². The van der Waals surface area contributed by atoms with Gasteiger partial charge < -0.3 is 5.73 Å². The lowest BCUT2D eigenvalue weighted by Crippen LogP contribution is -2.43. The van der Waals surface area contributed by atoms with E-state index in [9.17, 15) is 0 Å². The number of hydrogen-bond donors (Lipinski definition) is 1. The lowest BCUT2D eigenvalue weighted by atomic mass is 10.1. The van der Waals surface area contributed by atoms with E-state index in [1.54, 1.807) is 0 Å². The molecule has 0 fully saturated rings. The van der Waals surface area contributed by atoms with Crippen molar-refractivity contribution in [2.24, 2.45) is 10.7 Å². The zero-order valence-corrected chi connectivity index (χ0v) is 17.7. The first-order valence-corrected chi connectivity index (χ1v) is 11.4. The largest absolute Gasteiger partial charge is 0.316 e. The molecule has 2 atom stereocenters. The predicted octanol–water partition coefficient (Wildman–Crippen LogP) is 6.43. The Morgan fingerprint density at radius 2 is 1.46 bits per heavy atom. The first-order valence-electron chi connectivity index (χ1n) is 11.4. The molecule has 2 N–H and O–H groups in total. The van der Waals surface area contributed by atoms with Gasteiger partial charge >= 0.3 is 0 Å². The van der Waals surface area contributed by atoms with Crippen LogP contribution in [0, 0.1) is 0 Å². The van der Waals surface area contributed by atoms with Crippen LogP contribution in [0.3, 0.4) is 0 Å². The summed E-state index contributed by atoms with van der Waals surface area (Å²) in [6, 6.07) is 0. The predicted molar refractivity (Wildman–Crippen MR) is 117 cm³/mol. The highest BCUT2D eigenvalue weighted by Crippen LogP contribution is 2.17. The molecule has 0 amide bonds. The van der Waals surface area contributed by atoms with Crippen LogP contribution in [0.1, 0.15) is 110 Å². The molecule has 2 unspecified atom stereocenters. The van der Waals surface area contributed by atoms with E-state index in [0.717, 1.165) is 6.54 Å². The summed E-state index contributed by atoms with van der Waals surface area (Å²) in [7, 11) is 0. The van der Waals surface area contributed by atoms with Crippen LogP contribution in [-0.4, -0.2) is 30.0 Å². The normalized spacial score (nSPS) is 19.0. The molecule has 0 radical (unpaired) electrons.